The molecule has 0 aliphatic carbocycles. The first-order valence-electron chi connectivity index (χ1n) is 8.63. The molecule has 3 rings (SSSR count). The lowest BCUT2D eigenvalue weighted by Crippen LogP contribution is -2.08. The van der Waals surface area contributed by atoms with Crippen LogP contribution in [0.4, 0.5) is 0 Å². The molecule has 0 saturated heterocycles. The molecule has 0 spiro atoms. The SMILES string of the molecule is COC(=O)c1c(O)cc(O)c(Cl)c1CCc1ccccc1Oc1ccccc1. The summed E-state index contributed by atoms with van der Waals surface area (Å²) in [6.45, 7) is 0. The summed E-state index contributed by atoms with van der Waals surface area (Å²) >= 11 is 6.21. The average molecular weight is 399 g/mol. The number of aryl methyl sites for hydroxylation is 1. The third-order valence-corrected chi connectivity index (χ3v) is 4.72. The summed E-state index contributed by atoms with van der Waals surface area (Å²) < 4.78 is 10.7. The minimum Gasteiger partial charge on any atom is -0.507 e. The highest BCUT2D eigenvalue weighted by Gasteiger charge is 2.23. The minimum atomic E-state index is -0.719. The largest absolute Gasteiger partial charge is 0.507 e. The number of carbonyl (C=O) groups excluding carboxylic acids is 1. The van der Waals surface area contributed by atoms with E-state index >= 15 is 0 Å². The van der Waals surface area contributed by atoms with E-state index in [1.54, 1.807) is 0 Å². The zero-order valence-electron chi connectivity index (χ0n) is 15.2. The van der Waals surface area contributed by atoms with Gasteiger partial charge in [-0.05, 0) is 42.2 Å². The smallest absolute Gasteiger partial charge is 0.341 e. The van der Waals surface area contributed by atoms with Crippen LogP contribution in [-0.4, -0.2) is 23.3 Å². The molecule has 0 atom stereocenters. The van der Waals surface area contributed by atoms with Gasteiger partial charge in [0.15, 0.2) is 0 Å². The molecule has 5 nitrogen and oxygen atoms in total. The maximum Gasteiger partial charge on any atom is 0.341 e. The Morgan fingerprint density at radius 3 is 2.36 bits per heavy atom. The zero-order chi connectivity index (χ0) is 20.1. The third kappa shape index (κ3) is 4.21. The van der Waals surface area contributed by atoms with Gasteiger partial charge in [0.25, 0.3) is 0 Å². The van der Waals surface area contributed by atoms with Crippen LogP contribution < -0.4 is 4.74 Å². The van der Waals surface area contributed by atoms with Crippen LogP contribution in [0, 0.1) is 0 Å². The Morgan fingerprint density at radius 2 is 1.64 bits per heavy atom. The molecule has 0 bridgehead atoms. The lowest BCUT2D eigenvalue weighted by atomic mass is 9.98. The fourth-order valence-electron chi connectivity index (χ4n) is 2.93. The van der Waals surface area contributed by atoms with Gasteiger partial charge in [-0.1, -0.05) is 48.0 Å². The first-order valence-corrected chi connectivity index (χ1v) is 9.01. The van der Waals surface area contributed by atoms with Crippen molar-refractivity contribution in [1.82, 2.24) is 0 Å². The number of methoxy groups -OCH3 is 1. The fraction of sp³-hybridized carbons (Fsp3) is 0.136. The van der Waals surface area contributed by atoms with Gasteiger partial charge in [0, 0.05) is 6.07 Å². The monoisotopic (exact) mass is 398 g/mol. The molecule has 28 heavy (non-hydrogen) atoms. The van der Waals surface area contributed by atoms with E-state index in [0.29, 0.717) is 29.9 Å². The standard InChI is InChI=1S/C22H19ClO5/c1-27-22(26)20-16(21(23)18(25)13-17(20)24)12-11-14-7-5-6-10-19(14)28-15-8-3-2-4-9-15/h2-10,13,24-25H,11-12H2,1H3. The Balaban J connectivity index is 1.90. The van der Waals surface area contributed by atoms with Crippen molar-refractivity contribution in [3.63, 3.8) is 0 Å². The van der Waals surface area contributed by atoms with Gasteiger partial charge in [0.05, 0.1) is 12.1 Å². The number of para-hydroxylation sites is 2. The molecule has 0 saturated carbocycles. The van der Waals surface area contributed by atoms with Gasteiger partial charge in [-0.3, -0.25) is 0 Å². The highest BCUT2D eigenvalue weighted by atomic mass is 35.5. The number of phenolic OH excluding ortho intramolecular Hbond substituents is 2. The summed E-state index contributed by atoms with van der Waals surface area (Å²) in [5.74, 6) is -0.0107. The Kier molecular flexibility index (Phi) is 6.06. The molecular formula is C22H19ClO5. The molecule has 6 heteroatoms. The maximum atomic E-state index is 12.1. The van der Waals surface area contributed by atoms with Gasteiger partial charge in [0.1, 0.15) is 28.6 Å². The van der Waals surface area contributed by atoms with E-state index in [1.807, 2.05) is 54.6 Å². The van der Waals surface area contributed by atoms with E-state index in [0.717, 1.165) is 11.6 Å². The summed E-state index contributed by atoms with van der Waals surface area (Å²) in [6, 6.07) is 17.9. The van der Waals surface area contributed by atoms with Crippen molar-refractivity contribution in [2.45, 2.75) is 12.8 Å². The van der Waals surface area contributed by atoms with Gasteiger partial charge in [-0.15, -0.1) is 0 Å². The summed E-state index contributed by atoms with van der Waals surface area (Å²) in [5.41, 5.74) is 1.16. The van der Waals surface area contributed by atoms with Crippen molar-refractivity contribution in [1.29, 1.82) is 0 Å². The Bertz CT molecular complexity index is 986. The van der Waals surface area contributed by atoms with E-state index in [9.17, 15) is 15.0 Å². The number of benzene rings is 3. The van der Waals surface area contributed by atoms with Crippen molar-refractivity contribution >= 4 is 17.6 Å². The van der Waals surface area contributed by atoms with Gasteiger partial charge in [-0.2, -0.15) is 0 Å². The molecule has 0 aliphatic rings. The van der Waals surface area contributed by atoms with E-state index < -0.39 is 5.97 Å². The third-order valence-electron chi connectivity index (χ3n) is 4.30. The molecule has 144 valence electrons. The van der Waals surface area contributed by atoms with Crippen LogP contribution in [-0.2, 0) is 17.6 Å². The second-order valence-corrected chi connectivity index (χ2v) is 6.47. The summed E-state index contributed by atoms with van der Waals surface area (Å²) in [7, 11) is 1.22. The molecule has 2 N–H and O–H groups in total. The van der Waals surface area contributed by atoms with Crippen molar-refractivity contribution < 1.29 is 24.5 Å². The Hall–Kier alpha value is -3.18. The average Bonchev–Trinajstić information content (AvgIpc) is 2.70. The van der Waals surface area contributed by atoms with Crippen molar-refractivity contribution in [3.8, 4) is 23.0 Å². The van der Waals surface area contributed by atoms with Crippen LogP contribution in [0.1, 0.15) is 21.5 Å². The zero-order valence-corrected chi connectivity index (χ0v) is 15.9. The fourth-order valence-corrected chi connectivity index (χ4v) is 3.18. The second-order valence-electron chi connectivity index (χ2n) is 6.10. The predicted octanol–water partition coefficient (Wildman–Crippen LogP) is 5.12. The van der Waals surface area contributed by atoms with Gasteiger partial charge in [0.2, 0.25) is 0 Å². The number of ether oxygens (including phenoxy) is 2. The number of hydrogen-bond donors (Lipinski definition) is 2. The van der Waals surface area contributed by atoms with Crippen LogP contribution in [0.5, 0.6) is 23.0 Å². The summed E-state index contributed by atoms with van der Waals surface area (Å²) in [6.07, 6.45) is 0.760. The molecular weight excluding hydrogens is 380 g/mol. The van der Waals surface area contributed by atoms with Crippen LogP contribution in [0.25, 0.3) is 0 Å². The molecule has 3 aromatic carbocycles. The van der Waals surface area contributed by atoms with E-state index in [2.05, 4.69) is 0 Å². The number of aromatic hydroxyl groups is 2. The number of halogens is 1. The quantitative estimate of drug-likeness (QED) is 0.564. The highest BCUT2D eigenvalue weighted by Crippen LogP contribution is 2.37. The van der Waals surface area contributed by atoms with Crippen molar-refractivity contribution in [3.05, 3.63) is 82.4 Å². The number of rotatable bonds is 6. The van der Waals surface area contributed by atoms with Crippen LogP contribution in [0.3, 0.4) is 0 Å². The molecule has 0 fully saturated rings. The van der Waals surface area contributed by atoms with E-state index in [4.69, 9.17) is 21.1 Å². The maximum absolute atomic E-state index is 12.1. The van der Waals surface area contributed by atoms with Crippen LogP contribution >= 0.6 is 11.6 Å². The molecule has 0 heterocycles. The molecule has 0 amide bonds. The van der Waals surface area contributed by atoms with Crippen molar-refractivity contribution in [2.75, 3.05) is 7.11 Å². The Morgan fingerprint density at radius 1 is 0.964 bits per heavy atom. The molecule has 0 unspecified atom stereocenters. The lowest BCUT2D eigenvalue weighted by molar-refractivity contribution is 0.0596. The van der Waals surface area contributed by atoms with E-state index in [1.165, 1.54) is 7.11 Å². The first-order chi connectivity index (χ1) is 13.5. The van der Waals surface area contributed by atoms with Crippen LogP contribution in [0.15, 0.2) is 60.7 Å². The van der Waals surface area contributed by atoms with Crippen LogP contribution in [0.2, 0.25) is 5.02 Å². The second kappa shape index (κ2) is 8.67. The normalized spacial score (nSPS) is 10.5. The molecule has 0 aromatic heterocycles. The summed E-state index contributed by atoms with van der Waals surface area (Å²) in [5, 5.41) is 20.1. The first kappa shape index (κ1) is 19.6. The van der Waals surface area contributed by atoms with E-state index in [-0.39, 0.29) is 22.1 Å². The van der Waals surface area contributed by atoms with Gasteiger partial charge >= 0.3 is 5.97 Å². The van der Waals surface area contributed by atoms with Crippen molar-refractivity contribution in [2.24, 2.45) is 0 Å². The molecule has 3 aromatic rings. The number of hydrogen-bond acceptors (Lipinski definition) is 5. The Labute approximate surface area is 167 Å². The molecule has 0 aliphatic heterocycles. The highest BCUT2D eigenvalue weighted by molar-refractivity contribution is 6.33. The number of carbonyl (C=O) groups is 1. The van der Waals surface area contributed by atoms with Gasteiger partial charge < -0.3 is 19.7 Å². The molecule has 0 radical (unpaired) electrons. The topological polar surface area (TPSA) is 76.0 Å². The number of esters is 1. The minimum absolute atomic E-state index is 0.0136. The predicted molar refractivity (Wildman–Crippen MR) is 106 cm³/mol. The summed E-state index contributed by atoms with van der Waals surface area (Å²) in [4.78, 5) is 12.1. The number of phenols is 2. The lowest BCUT2D eigenvalue weighted by Gasteiger charge is -2.15. The van der Waals surface area contributed by atoms with Gasteiger partial charge in [-0.25, -0.2) is 4.79 Å².